The summed E-state index contributed by atoms with van der Waals surface area (Å²) in [6.07, 6.45) is 1.59. The lowest BCUT2D eigenvalue weighted by Gasteiger charge is -2.24. The maximum absolute atomic E-state index is 12.9. The Balaban J connectivity index is 2.22. The van der Waals surface area contributed by atoms with Gasteiger partial charge in [0.15, 0.2) is 5.69 Å². The third-order valence-corrected chi connectivity index (χ3v) is 3.31. The standard InChI is InChI=1S/C14H17FN4O/c1-9(10-4-6-11(15)7-5-10)19(3)14(20)13-12(16)8-18(2)17-13/h4-9H,16H2,1-3H3. The highest BCUT2D eigenvalue weighted by Gasteiger charge is 2.23. The van der Waals surface area contributed by atoms with Gasteiger partial charge in [0.1, 0.15) is 5.82 Å². The second-order valence-corrected chi connectivity index (χ2v) is 4.75. The van der Waals surface area contributed by atoms with Gasteiger partial charge in [-0.05, 0) is 24.6 Å². The number of aromatic nitrogens is 2. The minimum absolute atomic E-state index is 0.204. The van der Waals surface area contributed by atoms with Crippen LogP contribution in [0, 0.1) is 5.82 Å². The molecule has 1 heterocycles. The SMILES string of the molecule is CC(c1ccc(F)cc1)N(C)C(=O)c1nn(C)cc1N. The van der Waals surface area contributed by atoms with Crippen LogP contribution in [0.25, 0.3) is 0 Å². The molecule has 20 heavy (non-hydrogen) atoms. The number of aryl methyl sites for hydroxylation is 1. The molecule has 0 bridgehead atoms. The molecule has 1 aromatic heterocycles. The van der Waals surface area contributed by atoms with Crippen LogP contribution in [0.5, 0.6) is 0 Å². The van der Waals surface area contributed by atoms with Crippen molar-refractivity contribution >= 4 is 11.6 Å². The van der Waals surface area contributed by atoms with Crippen molar-refractivity contribution in [2.45, 2.75) is 13.0 Å². The largest absolute Gasteiger partial charge is 0.396 e. The molecular weight excluding hydrogens is 259 g/mol. The Bertz CT molecular complexity index is 621. The van der Waals surface area contributed by atoms with E-state index in [0.717, 1.165) is 5.56 Å². The summed E-state index contributed by atoms with van der Waals surface area (Å²) in [4.78, 5) is 13.9. The molecule has 0 spiro atoms. The normalized spacial score (nSPS) is 12.2. The summed E-state index contributed by atoms with van der Waals surface area (Å²) in [5, 5.41) is 4.06. The van der Waals surface area contributed by atoms with E-state index in [4.69, 9.17) is 5.73 Å². The highest BCUT2D eigenvalue weighted by molar-refractivity contribution is 5.97. The fourth-order valence-electron chi connectivity index (χ4n) is 1.98. The Kier molecular flexibility index (Phi) is 3.74. The van der Waals surface area contributed by atoms with Gasteiger partial charge < -0.3 is 10.6 Å². The monoisotopic (exact) mass is 276 g/mol. The lowest BCUT2D eigenvalue weighted by atomic mass is 10.1. The minimum Gasteiger partial charge on any atom is -0.396 e. The first kappa shape index (κ1) is 14.0. The lowest BCUT2D eigenvalue weighted by molar-refractivity contribution is 0.0737. The van der Waals surface area contributed by atoms with Crippen molar-refractivity contribution in [1.29, 1.82) is 0 Å². The Morgan fingerprint density at radius 3 is 2.50 bits per heavy atom. The van der Waals surface area contributed by atoms with Crippen molar-refractivity contribution < 1.29 is 9.18 Å². The molecular formula is C14H17FN4O. The number of halogens is 1. The first-order chi connectivity index (χ1) is 9.40. The van der Waals surface area contributed by atoms with E-state index < -0.39 is 0 Å². The van der Waals surface area contributed by atoms with E-state index in [1.54, 1.807) is 32.4 Å². The second kappa shape index (κ2) is 5.32. The van der Waals surface area contributed by atoms with Crippen LogP contribution in [0.2, 0.25) is 0 Å². The van der Waals surface area contributed by atoms with Crippen molar-refractivity contribution in [1.82, 2.24) is 14.7 Å². The van der Waals surface area contributed by atoms with E-state index in [-0.39, 0.29) is 23.5 Å². The van der Waals surface area contributed by atoms with Gasteiger partial charge in [0.05, 0.1) is 11.7 Å². The number of anilines is 1. The van der Waals surface area contributed by atoms with Gasteiger partial charge in [-0.25, -0.2) is 4.39 Å². The predicted molar refractivity (Wildman–Crippen MR) is 74.5 cm³/mol. The minimum atomic E-state index is -0.302. The number of hydrogen-bond acceptors (Lipinski definition) is 3. The molecule has 1 aromatic carbocycles. The predicted octanol–water partition coefficient (Wildman–Crippen LogP) is 1.97. The van der Waals surface area contributed by atoms with Crippen LogP contribution < -0.4 is 5.73 Å². The summed E-state index contributed by atoms with van der Waals surface area (Å²) in [6, 6.07) is 5.86. The van der Waals surface area contributed by atoms with Gasteiger partial charge in [-0.2, -0.15) is 5.10 Å². The van der Waals surface area contributed by atoms with E-state index in [2.05, 4.69) is 5.10 Å². The van der Waals surface area contributed by atoms with Crippen molar-refractivity contribution in [2.24, 2.45) is 7.05 Å². The lowest BCUT2D eigenvalue weighted by Crippen LogP contribution is -2.30. The quantitative estimate of drug-likeness (QED) is 0.932. The number of benzene rings is 1. The molecule has 0 saturated heterocycles. The van der Waals surface area contributed by atoms with Gasteiger partial charge >= 0.3 is 0 Å². The van der Waals surface area contributed by atoms with E-state index in [9.17, 15) is 9.18 Å². The Morgan fingerprint density at radius 2 is 2.00 bits per heavy atom. The average molecular weight is 276 g/mol. The van der Waals surface area contributed by atoms with Crippen LogP contribution in [-0.4, -0.2) is 27.6 Å². The molecule has 0 radical (unpaired) electrons. The Morgan fingerprint density at radius 1 is 1.40 bits per heavy atom. The summed E-state index contributed by atoms with van der Waals surface area (Å²) < 4.78 is 14.4. The van der Waals surface area contributed by atoms with Crippen LogP contribution in [0.15, 0.2) is 30.5 Å². The number of nitrogen functional groups attached to an aromatic ring is 1. The van der Waals surface area contributed by atoms with Crippen LogP contribution in [0.1, 0.15) is 29.0 Å². The van der Waals surface area contributed by atoms with Crippen molar-refractivity contribution in [3.8, 4) is 0 Å². The molecule has 0 aliphatic heterocycles. The first-order valence-corrected chi connectivity index (χ1v) is 6.22. The van der Waals surface area contributed by atoms with Gasteiger partial charge in [-0.3, -0.25) is 9.48 Å². The maximum Gasteiger partial charge on any atom is 0.276 e. The van der Waals surface area contributed by atoms with Gasteiger partial charge in [0.2, 0.25) is 0 Å². The van der Waals surface area contributed by atoms with Crippen LogP contribution in [-0.2, 0) is 7.05 Å². The molecule has 1 amide bonds. The molecule has 2 aromatic rings. The number of carbonyl (C=O) groups excluding carboxylic acids is 1. The molecule has 2 rings (SSSR count). The Labute approximate surface area is 116 Å². The number of amides is 1. The summed E-state index contributed by atoms with van der Waals surface area (Å²) in [5.74, 6) is -0.566. The van der Waals surface area contributed by atoms with Crippen molar-refractivity contribution in [3.05, 3.63) is 47.5 Å². The number of hydrogen-bond donors (Lipinski definition) is 1. The Hall–Kier alpha value is -2.37. The fraction of sp³-hybridized carbons (Fsp3) is 0.286. The maximum atomic E-state index is 12.9. The van der Waals surface area contributed by atoms with Crippen LogP contribution in [0.4, 0.5) is 10.1 Å². The summed E-state index contributed by atoms with van der Waals surface area (Å²) in [7, 11) is 3.38. The zero-order chi connectivity index (χ0) is 14.9. The van der Waals surface area contributed by atoms with E-state index in [0.29, 0.717) is 5.69 Å². The summed E-state index contributed by atoms with van der Waals surface area (Å²) in [6.45, 7) is 1.87. The topological polar surface area (TPSA) is 64.2 Å². The first-order valence-electron chi connectivity index (χ1n) is 6.22. The zero-order valence-electron chi connectivity index (χ0n) is 11.7. The molecule has 1 atom stereocenters. The van der Waals surface area contributed by atoms with Crippen LogP contribution in [0.3, 0.4) is 0 Å². The molecule has 0 fully saturated rings. The van der Waals surface area contributed by atoms with Crippen LogP contribution >= 0.6 is 0 Å². The number of rotatable bonds is 3. The molecule has 2 N–H and O–H groups in total. The molecule has 0 saturated carbocycles. The molecule has 5 nitrogen and oxygen atoms in total. The molecule has 0 aliphatic carbocycles. The number of nitrogens with two attached hydrogens (primary N) is 1. The van der Waals surface area contributed by atoms with Gasteiger partial charge in [0, 0.05) is 20.3 Å². The van der Waals surface area contributed by atoms with E-state index >= 15 is 0 Å². The molecule has 6 heteroatoms. The highest BCUT2D eigenvalue weighted by atomic mass is 19.1. The summed E-state index contributed by atoms with van der Waals surface area (Å²) >= 11 is 0. The van der Waals surface area contributed by atoms with Crippen molar-refractivity contribution in [2.75, 3.05) is 12.8 Å². The van der Waals surface area contributed by atoms with E-state index in [1.165, 1.54) is 21.7 Å². The molecule has 1 unspecified atom stereocenters. The van der Waals surface area contributed by atoms with Gasteiger partial charge in [-0.1, -0.05) is 12.1 Å². The number of carbonyl (C=O) groups is 1. The van der Waals surface area contributed by atoms with Gasteiger partial charge in [-0.15, -0.1) is 0 Å². The molecule has 106 valence electrons. The fourth-order valence-corrected chi connectivity index (χ4v) is 1.98. The smallest absolute Gasteiger partial charge is 0.276 e. The third-order valence-electron chi connectivity index (χ3n) is 3.31. The van der Waals surface area contributed by atoms with Crippen molar-refractivity contribution in [3.63, 3.8) is 0 Å². The average Bonchev–Trinajstić information content (AvgIpc) is 2.76. The third kappa shape index (κ3) is 2.64. The second-order valence-electron chi connectivity index (χ2n) is 4.75. The zero-order valence-corrected chi connectivity index (χ0v) is 11.7. The van der Waals surface area contributed by atoms with Gasteiger partial charge in [0.25, 0.3) is 5.91 Å². The number of nitrogens with zero attached hydrogens (tertiary/aromatic N) is 3. The van der Waals surface area contributed by atoms with E-state index in [1.807, 2.05) is 6.92 Å². The molecule has 0 aliphatic rings. The summed E-state index contributed by atoms with van der Waals surface area (Å²) in [5.41, 5.74) is 7.17. The highest BCUT2D eigenvalue weighted by Crippen LogP contribution is 2.22.